The van der Waals surface area contributed by atoms with E-state index in [0.29, 0.717) is 11.7 Å². The molecule has 0 amide bonds. The maximum Gasteiger partial charge on any atom is 0.159 e. The lowest BCUT2D eigenvalue weighted by Crippen LogP contribution is -2.38. The molecule has 0 aromatic rings. The molecule has 16 heavy (non-hydrogen) atoms. The normalized spacial score (nSPS) is 34.5. The first-order chi connectivity index (χ1) is 7.44. The molecular weight excluding hydrogens is 196 g/mol. The Morgan fingerprint density at radius 2 is 2.12 bits per heavy atom. The van der Waals surface area contributed by atoms with Gasteiger partial charge in [-0.2, -0.15) is 0 Å². The van der Waals surface area contributed by atoms with Crippen LogP contribution in [0.5, 0.6) is 0 Å². The molecular formula is C15H22O. The third kappa shape index (κ3) is 1.77. The summed E-state index contributed by atoms with van der Waals surface area (Å²) in [5, 5.41) is 0. The van der Waals surface area contributed by atoms with Crippen LogP contribution in [0.4, 0.5) is 0 Å². The fourth-order valence-corrected chi connectivity index (χ4v) is 3.39. The van der Waals surface area contributed by atoms with Crippen LogP contribution in [0.15, 0.2) is 22.8 Å². The number of hydrogen-bond acceptors (Lipinski definition) is 1. The van der Waals surface area contributed by atoms with E-state index < -0.39 is 0 Å². The van der Waals surface area contributed by atoms with Crippen molar-refractivity contribution >= 4 is 5.78 Å². The monoisotopic (exact) mass is 218 g/mol. The van der Waals surface area contributed by atoms with Crippen molar-refractivity contribution in [2.45, 2.75) is 53.4 Å². The van der Waals surface area contributed by atoms with E-state index in [4.69, 9.17) is 0 Å². The predicted octanol–water partition coefficient (Wildman–Crippen LogP) is 4.05. The van der Waals surface area contributed by atoms with Crippen molar-refractivity contribution in [2.24, 2.45) is 11.3 Å². The van der Waals surface area contributed by atoms with E-state index in [1.807, 2.05) is 0 Å². The van der Waals surface area contributed by atoms with Crippen LogP contribution in [-0.4, -0.2) is 5.78 Å². The zero-order valence-corrected chi connectivity index (χ0v) is 10.9. The van der Waals surface area contributed by atoms with Gasteiger partial charge in [0.15, 0.2) is 5.78 Å². The van der Waals surface area contributed by atoms with E-state index >= 15 is 0 Å². The van der Waals surface area contributed by atoms with Gasteiger partial charge in [0.05, 0.1) is 0 Å². The third-order valence-corrected chi connectivity index (χ3v) is 4.49. The molecule has 0 saturated heterocycles. The van der Waals surface area contributed by atoms with E-state index in [1.54, 1.807) is 0 Å². The fourth-order valence-electron chi connectivity index (χ4n) is 3.39. The van der Waals surface area contributed by atoms with Crippen LogP contribution >= 0.6 is 0 Å². The molecule has 0 spiro atoms. The summed E-state index contributed by atoms with van der Waals surface area (Å²) in [6.45, 7) is 8.67. The van der Waals surface area contributed by atoms with Crippen LogP contribution in [0.2, 0.25) is 0 Å². The molecule has 1 fully saturated rings. The molecule has 0 aromatic heterocycles. The molecule has 1 heteroatoms. The van der Waals surface area contributed by atoms with E-state index in [2.05, 4.69) is 33.8 Å². The molecule has 88 valence electrons. The molecule has 0 aromatic carbocycles. The Morgan fingerprint density at radius 1 is 1.44 bits per heavy atom. The molecule has 2 aliphatic rings. The minimum absolute atomic E-state index is 0.231. The first-order valence-electron chi connectivity index (χ1n) is 6.30. The molecule has 2 rings (SSSR count). The van der Waals surface area contributed by atoms with Crippen molar-refractivity contribution in [3.05, 3.63) is 22.8 Å². The zero-order chi connectivity index (χ0) is 11.9. The van der Waals surface area contributed by atoms with Crippen molar-refractivity contribution in [3.8, 4) is 0 Å². The molecule has 1 saturated carbocycles. The Kier molecular flexibility index (Phi) is 2.81. The molecule has 2 aliphatic carbocycles. The number of Topliss-reactive ketones (excluding diaryl/α,β-unsaturated/α-hetero) is 1. The van der Waals surface area contributed by atoms with Crippen LogP contribution in [0.1, 0.15) is 53.4 Å². The quantitative estimate of drug-likeness (QED) is 0.443. The van der Waals surface area contributed by atoms with Gasteiger partial charge < -0.3 is 0 Å². The summed E-state index contributed by atoms with van der Waals surface area (Å²) < 4.78 is 0. The lowest BCUT2D eigenvalue weighted by Gasteiger charge is -2.45. The predicted molar refractivity (Wildman–Crippen MR) is 67.2 cm³/mol. The first kappa shape index (κ1) is 11.6. The second-order valence-corrected chi connectivity index (χ2v) is 5.98. The van der Waals surface area contributed by atoms with Gasteiger partial charge in [0.25, 0.3) is 0 Å². The Bertz CT molecular complexity index is 382. The molecule has 0 radical (unpaired) electrons. The highest BCUT2D eigenvalue weighted by Gasteiger charge is 2.43. The summed E-state index contributed by atoms with van der Waals surface area (Å²) in [7, 11) is 0. The van der Waals surface area contributed by atoms with Gasteiger partial charge in [-0.15, -0.1) is 0 Å². The second-order valence-electron chi connectivity index (χ2n) is 5.98. The SMILES string of the molecule is CC1=CCC[C@@]2(C)CC(=O)C(=C(C)C)C[C@H]12. The zero-order valence-electron chi connectivity index (χ0n) is 10.9. The summed E-state index contributed by atoms with van der Waals surface area (Å²) in [6, 6.07) is 0. The van der Waals surface area contributed by atoms with E-state index in [-0.39, 0.29) is 5.41 Å². The molecule has 0 heterocycles. The standard InChI is InChI=1S/C15H22O/c1-10(2)12-8-13-11(3)6-5-7-15(13,4)9-14(12)16/h6,13H,5,7-9H2,1-4H3/t13-,15+/m1/s1. The van der Waals surface area contributed by atoms with Crippen molar-refractivity contribution in [1.82, 2.24) is 0 Å². The number of carbonyl (C=O) groups excluding carboxylic acids is 1. The number of rotatable bonds is 0. The van der Waals surface area contributed by atoms with Gasteiger partial charge in [-0.05, 0) is 56.9 Å². The largest absolute Gasteiger partial charge is 0.295 e. The topological polar surface area (TPSA) is 17.1 Å². The maximum absolute atomic E-state index is 12.1. The van der Waals surface area contributed by atoms with E-state index in [1.165, 1.54) is 17.6 Å². The highest BCUT2D eigenvalue weighted by molar-refractivity contribution is 5.97. The second kappa shape index (κ2) is 3.87. The number of hydrogen-bond donors (Lipinski definition) is 0. The van der Waals surface area contributed by atoms with Gasteiger partial charge >= 0.3 is 0 Å². The number of carbonyl (C=O) groups is 1. The highest BCUT2D eigenvalue weighted by atomic mass is 16.1. The molecule has 0 unspecified atom stereocenters. The summed E-state index contributed by atoms with van der Waals surface area (Å²) >= 11 is 0. The van der Waals surface area contributed by atoms with E-state index in [0.717, 1.165) is 24.8 Å². The van der Waals surface area contributed by atoms with Crippen molar-refractivity contribution in [1.29, 1.82) is 0 Å². The summed E-state index contributed by atoms with van der Waals surface area (Å²) in [6.07, 6.45) is 6.42. The average molecular weight is 218 g/mol. The molecule has 0 bridgehead atoms. The van der Waals surface area contributed by atoms with Crippen LogP contribution in [0.3, 0.4) is 0 Å². The minimum atomic E-state index is 0.231. The van der Waals surface area contributed by atoms with Crippen molar-refractivity contribution in [2.75, 3.05) is 0 Å². The van der Waals surface area contributed by atoms with Gasteiger partial charge in [0.2, 0.25) is 0 Å². The Balaban J connectivity index is 2.37. The van der Waals surface area contributed by atoms with Crippen LogP contribution in [-0.2, 0) is 4.79 Å². The molecule has 2 atom stereocenters. The van der Waals surface area contributed by atoms with Crippen LogP contribution in [0, 0.1) is 11.3 Å². The average Bonchev–Trinajstić information content (AvgIpc) is 2.15. The minimum Gasteiger partial charge on any atom is -0.295 e. The smallest absolute Gasteiger partial charge is 0.159 e. The van der Waals surface area contributed by atoms with Crippen molar-refractivity contribution in [3.63, 3.8) is 0 Å². The van der Waals surface area contributed by atoms with E-state index in [9.17, 15) is 4.79 Å². The Morgan fingerprint density at radius 3 is 2.75 bits per heavy atom. The maximum atomic E-state index is 12.1. The van der Waals surface area contributed by atoms with Gasteiger partial charge in [0, 0.05) is 6.42 Å². The molecule has 1 nitrogen and oxygen atoms in total. The summed E-state index contributed by atoms with van der Waals surface area (Å²) in [5.41, 5.74) is 4.04. The van der Waals surface area contributed by atoms with Crippen LogP contribution < -0.4 is 0 Å². The highest BCUT2D eigenvalue weighted by Crippen LogP contribution is 2.50. The summed E-state index contributed by atoms with van der Waals surface area (Å²) in [5.74, 6) is 0.998. The Labute approximate surface area is 98.6 Å². The van der Waals surface area contributed by atoms with Crippen LogP contribution in [0.25, 0.3) is 0 Å². The summed E-state index contributed by atoms with van der Waals surface area (Å²) in [4.78, 5) is 12.1. The number of allylic oxidation sites excluding steroid dienone is 4. The Hall–Kier alpha value is -0.850. The number of ketones is 1. The van der Waals surface area contributed by atoms with Gasteiger partial charge in [-0.1, -0.05) is 24.1 Å². The van der Waals surface area contributed by atoms with Crippen molar-refractivity contribution < 1.29 is 4.79 Å². The first-order valence-corrected chi connectivity index (χ1v) is 6.30. The lowest BCUT2D eigenvalue weighted by molar-refractivity contribution is -0.120. The van der Waals surface area contributed by atoms with Gasteiger partial charge in [-0.25, -0.2) is 0 Å². The molecule has 0 aliphatic heterocycles. The molecule has 0 N–H and O–H groups in total. The van der Waals surface area contributed by atoms with Gasteiger partial charge in [0.1, 0.15) is 0 Å². The fraction of sp³-hybridized carbons (Fsp3) is 0.667. The lowest BCUT2D eigenvalue weighted by atomic mass is 9.59. The number of fused-ring (bicyclic) bond motifs is 1. The van der Waals surface area contributed by atoms with Gasteiger partial charge in [-0.3, -0.25) is 4.79 Å². The third-order valence-electron chi connectivity index (χ3n) is 4.49.